The fourth-order valence-electron chi connectivity index (χ4n) is 2.85. The third kappa shape index (κ3) is 5.15. The van der Waals surface area contributed by atoms with Gasteiger partial charge in [0.05, 0.1) is 10.6 Å². The van der Waals surface area contributed by atoms with Crippen LogP contribution in [0.4, 0.5) is 5.69 Å². The number of non-ortho nitro benzene ring substituents is 1. The van der Waals surface area contributed by atoms with Gasteiger partial charge in [-0.25, -0.2) is 4.98 Å². The highest BCUT2D eigenvalue weighted by Crippen LogP contribution is 2.23. The highest BCUT2D eigenvalue weighted by atomic mass is 35.5. The molecular weight excluding hydrogens is 396 g/mol. The van der Waals surface area contributed by atoms with E-state index in [0.29, 0.717) is 18.8 Å². The number of hydrogen-bond acceptors (Lipinski definition) is 5. The maximum atomic E-state index is 11.0. The first-order valence-electron chi connectivity index (χ1n) is 9.05. The van der Waals surface area contributed by atoms with Crippen molar-refractivity contribution in [3.63, 3.8) is 0 Å². The van der Waals surface area contributed by atoms with Gasteiger partial charge in [0, 0.05) is 44.8 Å². The predicted molar refractivity (Wildman–Crippen MR) is 113 cm³/mol. The van der Waals surface area contributed by atoms with Crippen molar-refractivity contribution in [2.45, 2.75) is 38.8 Å². The Hall–Kier alpha value is -2.29. The smallest absolute Gasteiger partial charge is 0.269 e. The second-order valence-electron chi connectivity index (χ2n) is 7.91. The molecule has 0 aliphatic carbocycles. The molecule has 0 saturated carbocycles. The van der Waals surface area contributed by atoms with E-state index in [1.807, 2.05) is 22.9 Å². The van der Waals surface area contributed by atoms with E-state index in [0.717, 1.165) is 29.3 Å². The van der Waals surface area contributed by atoms with E-state index in [2.05, 4.69) is 29.6 Å². The molecule has 2 heterocycles. The van der Waals surface area contributed by atoms with E-state index in [1.165, 1.54) is 6.07 Å². The van der Waals surface area contributed by atoms with E-state index in [9.17, 15) is 10.1 Å². The number of aromatic nitrogens is 3. The number of ether oxygens (including phenoxy) is 1. The lowest BCUT2D eigenvalue weighted by molar-refractivity contribution is -0.384. The van der Waals surface area contributed by atoms with Crippen LogP contribution in [-0.4, -0.2) is 34.1 Å². The topological polar surface area (TPSA) is 83.1 Å². The summed E-state index contributed by atoms with van der Waals surface area (Å²) in [5.74, 6) is 0. The molecule has 9 heteroatoms. The number of nitro benzene ring substituents is 1. The van der Waals surface area contributed by atoms with E-state index in [4.69, 9.17) is 16.3 Å². The van der Waals surface area contributed by atoms with Crippen molar-refractivity contribution < 1.29 is 9.66 Å². The summed E-state index contributed by atoms with van der Waals surface area (Å²) in [6.07, 6.45) is 2.34. The first-order valence-corrected chi connectivity index (χ1v) is 13.1. The fraction of sp³-hybridized carbons (Fsp3) is 0.368. The minimum absolute atomic E-state index is 0.0577. The van der Waals surface area contributed by atoms with Crippen molar-refractivity contribution in [2.75, 3.05) is 6.61 Å². The van der Waals surface area contributed by atoms with Gasteiger partial charge in [-0.1, -0.05) is 31.8 Å². The van der Waals surface area contributed by atoms with Gasteiger partial charge in [-0.3, -0.25) is 10.1 Å². The molecule has 0 N–H and O–H groups in total. The summed E-state index contributed by atoms with van der Waals surface area (Å²) < 4.78 is 7.73. The third-order valence-corrected chi connectivity index (χ3v) is 6.26. The van der Waals surface area contributed by atoms with Crippen LogP contribution in [0.3, 0.4) is 0 Å². The molecule has 148 valence electrons. The maximum absolute atomic E-state index is 11.0. The zero-order valence-electron chi connectivity index (χ0n) is 16.2. The first kappa shape index (κ1) is 20.4. The van der Waals surface area contributed by atoms with Crippen LogP contribution in [0.5, 0.6) is 0 Å². The Labute approximate surface area is 169 Å². The SMILES string of the molecule is C[Si](C)(C)CCOCn1ccc2c(Cc3cccc([N+](=O)[O-])c3)nc(Cl)nc21. The summed E-state index contributed by atoms with van der Waals surface area (Å²) in [5, 5.41) is 12.0. The van der Waals surface area contributed by atoms with Gasteiger partial charge in [0.15, 0.2) is 0 Å². The number of hydrogen-bond donors (Lipinski definition) is 0. The second kappa shape index (κ2) is 8.38. The van der Waals surface area contributed by atoms with Gasteiger partial charge in [0.2, 0.25) is 5.28 Å². The highest BCUT2D eigenvalue weighted by Gasteiger charge is 2.15. The molecule has 0 amide bonds. The van der Waals surface area contributed by atoms with Crippen molar-refractivity contribution in [1.82, 2.24) is 14.5 Å². The molecule has 7 nitrogen and oxygen atoms in total. The van der Waals surface area contributed by atoms with Crippen LogP contribution >= 0.6 is 11.6 Å². The minimum Gasteiger partial charge on any atom is -0.361 e. The Balaban J connectivity index is 1.81. The average Bonchev–Trinajstić information content (AvgIpc) is 3.01. The largest absolute Gasteiger partial charge is 0.361 e. The van der Waals surface area contributed by atoms with Crippen LogP contribution < -0.4 is 0 Å². The lowest BCUT2D eigenvalue weighted by Crippen LogP contribution is -2.22. The van der Waals surface area contributed by atoms with Crippen molar-refractivity contribution in [2.24, 2.45) is 0 Å². The summed E-state index contributed by atoms with van der Waals surface area (Å²) >= 11 is 6.14. The Morgan fingerprint density at radius 2 is 2.04 bits per heavy atom. The van der Waals surface area contributed by atoms with Gasteiger partial charge in [-0.2, -0.15) is 4.98 Å². The molecule has 0 bridgehead atoms. The number of halogens is 1. The molecule has 2 aromatic heterocycles. The van der Waals surface area contributed by atoms with Gasteiger partial charge in [-0.05, 0) is 29.3 Å². The van der Waals surface area contributed by atoms with Crippen LogP contribution in [0.25, 0.3) is 11.0 Å². The normalized spacial score (nSPS) is 11.9. The average molecular weight is 419 g/mol. The molecule has 3 aromatic rings. The lowest BCUT2D eigenvalue weighted by atomic mass is 10.1. The molecule has 0 fully saturated rings. The van der Waals surface area contributed by atoms with Crippen molar-refractivity contribution in [1.29, 1.82) is 0 Å². The second-order valence-corrected chi connectivity index (χ2v) is 13.9. The van der Waals surface area contributed by atoms with Crippen molar-refractivity contribution >= 4 is 36.4 Å². The molecule has 0 unspecified atom stereocenters. The molecule has 28 heavy (non-hydrogen) atoms. The standard InChI is InChI=1S/C19H23ClN4O3Si/c1-28(2,3)10-9-27-13-23-8-7-16-17(21-19(20)22-18(16)23)12-14-5-4-6-15(11-14)24(25)26/h4-8,11H,9-10,12-13H2,1-3H3. The summed E-state index contributed by atoms with van der Waals surface area (Å²) in [4.78, 5) is 19.3. The van der Waals surface area contributed by atoms with Crippen LogP contribution in [0, 0.1) is 10.1 Å². The third-order valence-electron chi connectivity index (χ3n) is 4.39. The summed E-state index contributed by atoms with van der Waals surface area (Å²) in [6.45, 7) is 8.06. The monoisotopic (exact) mass is 418 g/mol. The molecular formula is C19H23ClN4O3Si. The maximum Gasteiger partial charge on any atom is 0.269 e. The highest BCUT2D eigenvalue weighted by molar-refractivity contribution is 6.76. The molecule has 0 aliphatic rings. The molecule has 1 aromatic carbocycles. The number of rotatable bonds is 8. The van der Waals surface area contributed by atoms with E-state index in [1.54, 1.807) is 12.1 Å². The Morgan fingerprint density at radius 3 is 2.75 bits per heavy atom. The van der Waals surface area contributed by atoms with Crippen LogP contribution in [0.15, 0.2) is 36.5 Å². The Bertz CT molecular complexity index is 1000. The van der Waals surface area contributed by atoms with Gasteiger partial charge in [0.1, 0.15) is 12.4 Å². The number of benzene rings is 1. The van der Waals surface area contributed by atoms with E-state index in [-0.39, 0.29) is 11.0 Å². The molecule has 0 radical (unpaired) electrons. The number of nitrogens with zero attached hydrogens (tertiary/aromatic N) is 4. The number of fused-ring (bicyclic) bond motifs is 1. The van der Waals surface area contributed by atoms with Crippen molar-refractivity contribution in [3.8, 4) is 0 Å². The molecule has 0 aliphatic heterocycles. The first-order chi connectivity index (χ1) is 13.2. The Morgan fingerprint density at radius 1 is 1.25 bits per heavy atom. The predicted octanol–water partition coefficient (Wildman–Crippen LogP) is 4.90. The number of nitro groups is 1. The van der Waals surface area contributed by atoms with Gasteiger partial charge < -0.3 is 9.30 Å². The summed E-state index contributed by atoms with van der Waals surface area (Å²) in [5.41, 5.74) is 2.29. The quantitative estimate of drug-likeness (QED) is 0.171. The van der Waals surface area contributed by atoms with Crippen LogP contribution in [0.2, 0.25) is 31.0 Å². The molecule has 0 saturated heterocycles. The molecule has 3 rings (SSSR count). The fourth-order valence-corrected chi connectivity index (χ4v) is 3.79. The zero-order chi connectivity index (χ0) is 20.3. The summed E-state index contributed by atoms with van der Waals surface area (Å²) in [7, 11) is -1.14. The summed E-state index contributed by atoms with van der Waals surface area (Å²) in [6, 6.07) is 9.56. The van der Waals surface area contributed by atoms with E-state index >= 15 is 0 Å². The van der Waals surface area contributed by atoms with Gasteiger partial charge >= 0.3 is 0 Å². The van der Waals surface area contributed by atoms with Gasteiger partial charge in [-0.15, -0.1) is 0 Å². The lowest BCUT2D eigenvalue weighted by Gasteiger charge is -2.15. The molecule has 0 atom stereocenters. The molecule has 0 spiro atoms. The Kier molecular flexibility index (Phi) is 6.12. The minimum atomic E-state index is -1.14. The van der Waals surface area contributed by atoms with Crippen LogP contribution in [-0.2, 0) is 17.9 Å². The van der Waals surface area contributed by atoms with Gasteiger partial charge in [0.25, 0.3) is 5.69 Å². The van der Waals surface area contributed by atoms with Crippen molar-refractivity contribution in [3.05, 3.63) is 63.2 Å². The van der Waals surface area contributed by atoms with Crippen LogP contribution in [0.1, 0.15) is 11.3 Å². The van der Waals surface area contributed by atoms with E-state index < -0.39 is 13.0 Å². The zero-order valence-corrected chi connectivity index (χ0v) is 17.9.